The van der Waals surface area contributed by atoms with E-state index in [2.05, 4.69) is 0 Å². The zero-order valence-electron chi connectivity index (χ0n) is 8.97. The minimum absolute atomic E-state index is 0.0966. The van der Waals surface area contributed by atoms with Crippen LogP contribution in [-0.4, -0.2) is 16.0 Å². The number of hydrogen-bond donors (Lipinski definition) is 2. The number of ketones is 1. The first-order valence-electron chi connectivity index (χ1n) is 5.33. The van der Waals surface area contributed by atoms with E-state index in [1.807, 2.05) is 0 Å². The maximum absolute atomic E-state index is 12.2. The fraction of sp³-hybridized carbons (Fsp3) is 0.0714. The lowest BCUT2D eigenvalue weighted by molar-refractivity contribution is 0.103. The third-order valence-corrected chi connectivity index (χ3v) is 3.05. The first kappa shape index (κ1) is 9.90. The predicted molar refractivity (Wildman–Crippen MR) is 62.5 cm³/mol. The molecule has 0 heterocycles. The highest BCUT2D eigenvalue weighted by molar-refractivity contribution is 6.12. The van der Waals surface area contributed by atoms with Crippen molar-refractivity contribution in [2.45, 2.75) is 6.42 Å². The number of phenols is 2. The van der Waals surface area contributed by atoms with Crippen LogP contribution in [0.5, 0.6) is 11.5 Å². The van der Waals surface area contributed by atoms with Gasteiger partial charge in [0.05, 0.1) is 0 Å². The van der Waals surface area contributed by atoms with E-state index in [9.17, 15) is 15.0 Å². The summed E-state index contributed by atoms with van der Waals surface area (Å²) in [5.74, 6) is 0.162. The molecule has 1 aliphatic rings. The summed E-state index contributed by atoms with van der Waals surface area (Å²) in [5, 5.41) is 18.8. The summed E-state index contributed by atoms with van der Waals surface area (Å²) in [5.41, 5.74) is 2.85. The molecule has 0 saturated carbocycles. The molecule has 0 aromatic heterocycles. The SMILES string of the molecule is O=C1c2ccc(O)cc2Cc2ccc(O)cc21. The molecule has 0 radical (unpaired) electrons. The van der Waals surface area contributed by atoms with Gasteiger partial charge in [-0.1, -0.05) is 6.07 Å². The van der Waals surface area contributed by atoms with Crippen molar-refractivity contribution in [1.29, 1.82) is 0 Å². The van der Waals surface area contributed by atoms with Crippen LogP contribution in [0, 0.1) is 0 Å². The number of rotatable bonds is 0. The molecule has 0 bridgehead atoms. The van der Waals surface area contributed by atoms with E-state index in [-0.39, 0.29) is 17.3 Å². The normalized spacial score (nSPS) is 13.1. The summed E-state index contributed by atoms with van der Waals surface area (Å²) in [7, 11) is 0. The van der Waals surface area contributed by atoms with Crippen LogP contribution in [0.25, 0.3) is 0 Å². The van der Waals surface area contributed by atoms with Gasteiger partial charge < -0.3 is 10.2 Å². The molecule has 0 fully saturated rings. The highest BCUT2D eigenvalue weighted by Crippen LogP contribution is 2.31. The van der Waals surface area contributed by atoms with Crippen LogP contribution in [0.1, 0.15) is 27.0 Å². The highest BCUT2D eigenvalue weighted by Gasteiger charge is 2.23. The van der Waals surface area contributed by atoms with Crippen molar-refractivity contribution in [2.75, 3.05) is 0 Å². The number of carbonyl (C=O) groups is 1. The predicted octanol–water partition coefficient (Wildman–Crippen LogP) is 2.23. The van der Waals surface area contributed by atoms with Crippen molar-refractivity contribution < 1.29 is 15.0 Å². The van der Waals surface area contributed by atoms with Crippen LogP contribution < -0.4 is 0 Å². The lowest BCUT2D eigenvalue weighted by atomic mass is 9.85. The number of phenolic OH excluding ortho intramolecular Hbond substituents is 2. The molecule has 84 valence electrons. The Morgan fingerprint density at radius 1 is 0.824 bits per heavy atom. The molecule has 0 spiro atoms. The van der Waals surface area contributed by atoms with E-state index in [0.717, 1.165) is 11.1 Å². The van der Waals surface area contributed by atoms with Gasteiger partial charge >= 0.3 is 0 Å². The highest BCUT2D eigenvalue weighted by atomic mass is 16.3. The second kappa shape index (κ2) is 3.35. The summed E-state index contributed by atoms with van der Waals surface area (Å²) in [6.45, 7) is 0. The lowest BCUT2D eigenvalue weighted by Crippen LogP contribution is -2.14. The topological polar surface area (TPSA) is 57.5 Å². The Bertz CT molecular complexity index is 629. The smallest absolute Gasteiger partial charge is 0.193 e. The molecule has 0 saturated heterocycles. The maximum atomic E-state index is 12.2. The van der Waals surface area contributed by atoms with E-state index in [0.29, 0.717) is 17.5 Å². The van der Waals surface area contributed by atoms with Gasteiger partial charge in [0, 0.05) is 11.1 Å². The van der Waals surface area contributed by atoms with Crippen LogP contribution >= 0.6 is 0 Å². The van der Waals surface area contributed by atoms with Gasteiger partial charge in [-0.25, -0.2) is 0 Å². The number of aromatic hydroxyl groups is 2. The van der Waals surface area contributed by atoms with Gasteiger partial charge in [0.25, 0.3) is 0 Å². The Morgan fingerprint density at radius 3 is 2.35 bits per heavy atom. The molecule has 3 heteroatoms. The summed E-state index contributed by atoms with van der Waals surface area (Å²) >= 11 is 0. The number of fused-ring (bicyclic) bond motifs is 2. The van der Waals surface area contributed by atoms with Crippen LogP contribution in [0.3, 0.4) is 0 Å². The molecule has 17 heavy (non-hydrogen) atoms. The second-order valence-electron chi connectivity index (χ2n) is 4.19. The first-order valence-corrected chi connectivity index (χ1v) is 5.33. The third kappa shape index (κ3) is 1.47. The minimum atomic E-state index is -0.0999. The lowest BCUT2D eigenvalue weighted by Gasteiger charge is -2.18. The van der Waals surface area contributed by atoms with E-state index in [1.54, 1.807) is 24.3 Å². The summed E-state index contributed by atoms with van der Waals surface area (Å²) in [6, 6.07) is 9.55. The van der Waals surface area contributed by atoms with Crippen LogP contribution in [-0.2, 0) is 6.42 Å². The molecule has 0 unspecified atom stereocenters. The van der Waals surface area contributed by atoms with Crippen molar-refractivity contribution in [2.24, 2.45) is 0 Å². The zero-order valence-corrected chi connectivity index (χ0v) is 8.97. The van der Waals surface area contributed by atoms with Crippen molar-refractivity contribution in [3.63, 3.8) is 0 Å². The first-order chi connectivity index (χ1) is 8.15. The van der Waals surface area contributed by atoms with Crippen molar-refractivity contribution >= 4 is 5.78 Å². The fourth-order valence-corrected chi connectivity index (χ4v) is 2.23. The largest absolute Gasteiger partial charge is 0.508 e. The standard InChI is InChI=1S/C14H10O3/c15-10-3-4-12-9(6-10)5-8-1-2-11(16)7-13(8)14(12)17/h1-4,6-7,15-16H,5H2. The Kier molecular flexibility index (Phi) is 1.95. The maximum Gasteiger partial charge on any atom is 0.193 e. The molecule has 3 nitrogen and oxygen atoms in total. The van der Waals surface area contributed by atoms with E-state index in [4.69, 9.17) is 0 Å². The Labute approximate surface area is 98.0 Å². The quantitative estimate of drug-likeness (QED) is 0.618. The van der Waals surface area contributed by atoms with Gasteiger partial charge in [0.2, 0.25) is 0 Å². The summed E-state index contributed by atoms with van der Waals surface area (Å²) < 4.78 is 0. The Hall–Kier alpha value is -2.29. The molecule has 0 amide bonds. The summed E-state index contributed by atoms with van der Waals surface area (Å²) in [4.78, 5) is 12.2. The Morgan fingerprint density at radius 2 is 1.53 bits per heavy atom. The van der Waals surface area contributed by atoms with Gasteiger partial charge in [-0.05, 0) is 47.9 Å². The average Bonchev–Trinajstić information content (AvgIpc) is 2.30. The van der Waals surface area contributed by atoms with Gasteiger partial charge in [0.1, 0.15) is 11.5 Å². The van der Waals surface area contributed by atoms with Crippen LogP contribution in [0.4, 0.5) is 0 Å². The molecular formula is C14H10O3. The fourth-order valence-electron chi connectivity index (χ4n) is 2.23. The van der Waals surface area contributed by atoms with E-state index < -0.39 is 0 Å². The van der Waals surface area contributed by atoms with Crippen LogP contribution in [0.2, 0.25) is 0 Å². The molecule has 2 aromatic rings. The molecule has 1 aliphatic carbocycles. The molecule has 3 rings (SSSR count). The number of hydrogen-bond acceptors (Lipinski definition) is 3. The summed E-state index contributed by atoms with van der Waals surface area (Å²) in [6.07, 6.45) is 0.602. The Balaban J connectivity index is 2.21. The minimum Gasteiger partial charge on any atom is -0.508 e. The monoisotopic (exact) mass is 226 g/mol. The molecule has 0 aliphatic heterocycles. The third-order valence-electron chi connectivity index (χ3n) is 3.05. The van der Waals surface area contributed by atoms with Gasteiger partial charge in [0.15, 0.2) is 5.78 Å². The number of carbonyl (C=O) groups excluding carboxylic acids is 1. The average molecular weight is 226 g/mol. The van der Waals surface area contributed by atoms with Gasteiger partial charge in [-0.3, -0.25) is 4.79 Å². The van der Waals surface area contributed by atoms with Crippen molar-refractivity contribution in [1.82, 2.24) is 0 Å². The second-order valence-corrected chi connectivity index (χ2v) is 4.19. The van der Waals surface area contributed by atoms with Gasteiger partial charge in [-0.2, -0.15) is 0 Å². The van der Waals surface area contributed by atoms with Crippen molar-refractivity contribution in [3.8, 4) is 11.5 Å². The van der Waals surface area contributed by atoms with E-state index >= 15 is 0 Å². The number of benzene rings is 2. The molecule has 2 N–H and O–H groups in total. The molecule has 2 aromatic carbocycles. The van der Waals surface area contributed by atoms with E-state index in [1.165, 1.54) is 12.1 Å². The van der Waals surface area contributed by atoms with Gasteiger partial charge in [-0.15, -0.1) is 0 Å². The zero-order chi connectivity index (χ0) is 12.0. The van der Waals surface area contributed by atoms with Crippen molar-refractivity contribution in [3.05, 3.63) is 58.7 Å². The molecular weight excluding hydrogens is 216 g/mol. The molecule has 0 atom stereocenters. The van der Waals surface area contributed by atoms with Crippen LogP contribution in [0.15, 0.2) is 36.4 Å².